The summed E-state index contributed by atoms with van der Waals surface area (Å²) in [6.07, 6.45) is 1.06. The van der Waals surface area contributed by atoms with Crippen LogP contribution in [0.4, 0.5) is 0 Å². The lowest BCUT2D eigenvalue weighted by Crippen LogP contribution is -2.08. The fourth-order valence-electron chi connectivity index (χ4n) is 2.19. The highest BCUT2D eigenvalue weighted by Gasteiger charge is 2.08. The Morgan fingerprint density at radius 1 is 1.05 bits per heavy atom. The molecule has 0 saturated carbocycles. The van der Waals surface area contributed by atoms with Crippen LogP contribution in [0, 0.1) is 6.92 Å². The standard InChI is InChI=1S/C18H23NO/c1-4-15-6-8-16(9-7-15)12-20-18-10-5-13(2)11-17(18)14(3)19/h5-11,14H,4,12,19H2,1-3H3. The van der Waals surface area contributed by atoms with Gasteiger partial charge >= 0.3 is 0 Å². The summed E-state index contributed by atoms with van der Waals surface area (Å²) < 4.78 is 5.93. The minimum Gasteiger partial charge on any atom is -0.489 e. The molecule has 0 bridgehead atoms. The SMILES string of the molecule is CCc1ccc(COc2ccc(C)cc2C(C)N)cc1. The van der Waals surface area contributed by atoms with Gasteiger partial charge in [-0.3, -0.25) is 0 Å². The lowest BCUT2D eigenvalue weighted by molar-refractivity contribution is 0.301. The first-order chi connectivity index (χ1) is 9.60. The van der Waals surface area contributed by atoms with E-state index in [0.29, 0.717) is 6.61 Å². The second-order valence-electron chi connectivity index (χ2n) is 5.29. The van der Waals surface area contributed by atoms with Crippen molar-refractivity contribution in [2.24, 2.45) is 5.73 Å². The number of hydrogen-bond acceptors (Lipinski definition) is 2. The van der Waals surface area contributed by atoms with E-state index < -0.39 is 0 Å². The predicted molar refractivity (Wildman–Crippen MR) is 83.9 cm³/mol. The highest BCUT2D eigenvalue weighted by Crippen LogP contribution is 2.25. The van der Waals surface area contributed by atoms with Crippen LogP contribution in [0.1, 0.15) is 42.1 Å². The van der Waals surface area contributed by atoms with Gasteiger partial charge in [0.15, 0.2) is 0 Å². The molecule has 106 valence electrons. The molecule has 2 aromatic rings. The first-order valence-electron chi connectivity index (χ1n) is 7.17. The Bertz CT molecular complexity index is 558. The van der Waals surface area contributed by atoms with Gasteiger partial charge in [0.2, 0.25) is 0 Å². The smallest absolute Gasteiger partial charge is 0.124 e. The topological polar surface area (TPSA) is 35.2 Å². The zero-order valence-electron chi connectivity index (χ0n) is 12.5. The lowest BCUT2D eigenvalue weighted by Gasteiger charge is -2.15. The van der Waals surface area contributed by atoms with Crippen molar-refractivity contribution in [2.45, 2.75) is 39.8 Å². The zero-order chi connectivity index (χ0) is 14.5. The monoisotopic (exact) mass is 269 g/mol. The Kier molecular flexibility index (Phi) is 4.80. The van der Waals surface area contributed by atoms with Gasteiger partial charge in [-0.15, -0.1) is 0 Å². The molecule has 0 aliphatic carbocycles. The summed E-state index contributed by atoms with van der Waals surface area (Å²) in [5.74, 6) is 0.880. The summed E-state index contributed by atoms with van der Waals surface area (Å²) in [5.41, 5.74) is 10.8. The maximum absolute atomic E-state index is 6.01. The van der Waals surface area contributed by atoms with Crippen molar-refractivity contribution < 1.29 is 4.74 Å². The quantitative estimate of drug-likeness (QED) is 0.884. The summed E-state index contributed by atoms with van der Waals surface area (Å²) in [5, 5.41) is 0. The number of nitrogens with two attached hydrogens (primary N) is 1. The maximum Gasteiger partial charge on any atom is 0.124 e. The molecule has 0 saturated heterocycles. The van der Waals surface area contributed by atoms with Crippen molar-refractivity contribution in [1.82, 2.24) is 0 Å². The van der Waals surface area contributed by atoms with E-state index in [1.165, 1.54) is 16.7 Å². The Morgan fingerprint density at radius 2 is 1.70 bits per heavy atom. The van der Waals surface area contributed by atoms with Crippen LogP contribution in [-0.4, -0.2) is 0 Å². The molecule has 1 unspecified atom stereocenters. The molecule has 0 heterocycles. The fraction of sp³-hybridized carbons (Fsp3) is 0.333. The number of aryl methyl sites for hydroxylation is 2. The first kappa shape index (κ1) is 14.6. The molecule has 0 radical (unpaired) electrons. The normalized spacial score (nSPS) is 12.2. The van der Waals surface area contributed by atoms with Crippen LogP contribution in [0.15, 0.2) is 42.5 Å². The molecule has 0 fully saturated rings. The fourth-order valence-corrected chi connectivity index (χ4v) is 2.19. The molecule has 2 aromatic carbocycles. The minimum absolute atomic E-state index is 0.0210. The first-order valence-corrected chi connectivity index (χ1v) is 7.17. The van der Waals surface area contributed by atoms with E-state index in [-0.39, 0.29) is 6.04 Å². The molecular formula is C18H23NO. The average Bonchev–Trinajstić information content (AvgIpc) is 2.46. The predicted octanol–water partition coefficient (Wildman–Crippen LogP) is 4.16. The van der Waals surface area contributed by atoms with E-state index in [2.05, 4.69) is 50.2 Å². The van der Waals surface area contributed by atoms with Crippen LogP contribution < -0.4 is 10.5 Å². The van der Waals surface area contributed by atoms with E-state index in [1.54, 1.807) is 0 Å². The molecular weight excluding hydrogens is 246 g/mol. The Balaban J connectivity index is 2.10. The molecule has 2 nitrogen and oxygen atoms in total. The molecule has 2 N–H and O–H groups in total. The Hall–Kier alpha value is -1.80. The molecule has 1 atom stereocenters. The summed E-state index contributed by atoms with van der Waals surface area (Å²) in [6.45, 7) is 6.79. The van der Waals surface area contributed by atoms with Crippen molar-refractivity contribution in [1.29, 1.82) is 0 Å². The van der Waals surface area contributed by atoms with Gasteiger partial charge in [0.1, 0.15) is 12.4 Å². The van der Waals surface area contributed by atoms with Crippen LogP contribution in [0.5, 0.6) is 5.75 Å². The largest absolute Gasteiger partial charge is 0.489 e. The molecule has 0 aromatic heterocycles. The van der Waals surface area contributed by atoms with Crippen molar-refractivity contribution in [3.63, 3.8) is 0 Å². The van der Waals surface area contributed by atoms with Gasteiger partial charge < -0.3 is 10.5 Å². The number of benzene rings is 2. The summed E-state index contributed by atoms with van der Waals surface area (Å²) in [4.78, 5) is 0. The Labute approximate surface area is 121 Å². The second kappa shape index (κ2) is 6.58. The van der Waals surface area contributed by atoms with Crippen molar-refractivity contribution in [3.05, 3.63) is 64.7 Å². The molecule has 0 aliphatic rings. The number of rotatable bonds is 5. The van der Waals surface area contributed by atoms with E-state index in [1.807, 2.05) is 13.0 Å². The zero-order valence-corrected chi connectivity index (χ0v) is 12.5. The molecule has 0 amide bonds. The van der Waals surface area contributed by atoms with Gasteiger partial charge in [-0.05, 0) is 37.5 Å². The molecule has 2 rings (SSSR count). The highest BCUT2D eigenvalue weighted by molar-refractivity contribution is 5.39. The van der Waals surface area contributed by atoms with Crippen LogP contribution in [0.25, 0.3) is 0 Å². The van der Waals surface area contributed by atoms with Gasteiger partial charge in [-0.1, -0.05) is 48.9 Å². The van der Waals surface area contributed by atoms with Gasteiger partial charge in [-0.25, -0.2) is 0 Å². The summed E-state index contributed by atoms with van der Waals surface area (Å²) in [6, 6.07) is 14.7. The summed E-state index contributed by atoms with van der Waals surface area (Å²) >= 11 is 0. The molecule has 20 heavy (non-hydrogen) atoms. The van der Waals surface area contributed by atoms with Crippen molar-refractivity contribution >= 4 is 0 Å². The maximum atomic E-state index is 6.01. The van der Waals surface area contributed by atoms with E-state index in [4.69, 9.17) is 10.5 Å². The third kappa shape index (κ3) is 3.61. The van der Waals surface area contributed by atoms with Crippen LogP contribution >= 0.6 is 0 Å². The highest BCUT2D eigenvalue weighted by atomic mass is 16.5. The average molecular weight is 269 g/mol. The lowest BCUT2D eigenvalue weighted by atomic mass is 10.1. The van der Waals surface area contributed by atoms with Gasteiger partial charge in [0.25, 0.3) is 0 Å². The van der Waals surface area contributed by atoms with Crippen LogP contribution in [0.3, 0.4) is 0 Å². The van der Waals surface area contributed by atoms with E-state index in [0.717, 1.165) is 17.7 Å². The molecule has 0 aliphatic heterocycles. The van der Waals surface area contributed by atoms with Crippen LogP contribution in [-0.2, 0) is 13.0 Å². The summed E-state index contributed by atoms with van der Waals surface area (Å²) in [7, 11) is 0. The Morgan fingerprint density at radius 3 is 2.30 bits per heavy atom. The second-order valence-corrected chi connectivity index (χ2v) is 5.29. The third-order valence-electron chi connectivity index (χ3n) is 3.48. The minimum atomic E-state index is -0.0210. The van der Waals surface area contributed by atoms with Gasteiger partial charge in [-0.2, -0.15) is 0 Å². The molecule has 2 heteroatoms. The third-order valence-corrected chi connectivity index (χ3v) is 3.48. The van der Waals surface area contributed by atoms with Crippen LogP contribution in [0.2, 0.25) is 0 Å². The number of ether oxygens (including phenoxy) is 1. The van der Waals surface area contributed by atoms with Gasteiger partial charge in [0.05, 0.1) is 0 Å². The van der Waals surface area contributed by atoms with Gasteiger partial charge in [0, 0.05) is 11.6 Å². The van der Waals surface area contributed by atoms with Crippen molar-refractivity contribution in [2.75, 3.05) is 0 Å². The van der Waals surface area contributed by atoms with Crippen molar-refractivity contribution in [3.8, 4) is 5.75 Å². The molecule has 0 spiro atoms. The van der Waals surface area contributed by atoms with E-state index in [9.17, 15) is 0 Å². The van der Waals surface area contributed by atoms with E-state index >= 15 is 0 Å². The number of hydrogen-bond donors (Lipinski definition) is 1.